The Balaban J connectivity index is 2.07. The number of aryl methyl sites for hydroxylation is 2. The van der Waals surface area contributed by atoms with Gasteiger partial charge in [0.1, 0.15) is 11.5 Å². The Bertz CT molecular complexity index is 665. The van der Waals surface area contributed by atoms with E-state index in [0.717, 1.165) is 28.3 Å². The monoisotopic (exact) mass is 313 g/mol. The van der Waals surface area contributed by atoms with Crippen LogP contribution >= 0.6 is 0 Å². The van der Waals surface area contributed by atoms with Gasteiger partial charge in [-0.25, -0.2) is 0 Å². The van der Waals surface area contributed by atoms with E-state index < -0.39 is 6.10 Å². The van der Waals surface area contributed by atoms with Gasteiger partial charge < -0.3 is 14.8 Å². The standard InChI is InChI=1S/C19H23NO3/c1-5-17(23-18-12-13(2)6-7-14(18)3)19(21)20-15-8-10-16(22-4)11-9-15/h6-12,17H,5H2,1-4H3,(H,20,21)/t17-/m0/s1. The first-order valence-corrected chi connectivity index (χ1v) is 7.72. The van der Waals surface area contributed by atoms with Crippen LogP contribution in [-0.2, 0) is 4.79 Å². The van der Waals surface area contributed by atoms with Gasteiger partial charge in [0.05, 0.1) is 7.11 Å². The summed E-state index contributed by atoms with van der Waals surface area (Å²) in [5.41, 5.74) is 2.85. The van der Waals surface area contributed by atoms with Gasteiger partial charge in [0.15, 0.2) is 6.10 Å². The fraction of sp³-hybridized carbons (Fsp3) is 0.316. The second kappa shape index (κ2) is 7.68. The predicted octanol–water partition coefficient (Wildman–Crippen LogP) is 4.11. The molecule has 2 rings (SSSR count). The van der Waals surface area contributed by atoms with Crippen LogP contribution < -0.4 is 14.8 Å². The van der Waals surface area contributed by atoms with Crippen molar-refractivity contribution in [3.63, 3.8) is 0 Å². The van der Waals surface area contributed by atoms with E-state index in [2.05, 4.69) is 5.32 Å². The minimum atomic E-state index is -0.530. The molecule has 2 aromatic carbocycles. The molecular formula is C19H23NO3. The van der Waals surface area contributed by atoms with Crippen LogP contribution in [-0.4, -0.2) is 19.1 Å². The topological polar surface area (TPSA) is 47.6 Å². The molecule has 0 saturated carbocycles. The molecule has 1 atom stereocenters. The number of ether oxygens (including phenoxy) is 2. The molecule has 23 heavy (non-hydrogen) atoms. The van der Waals surface area contributed by atoms with Gasteiger partial charge in [0.2, 0.25) is 0 Å². The maximum Gasteiger partial charge on any atom is 0.265 e. The fourth-order valence-corrected chi connectivity index (χ4v) is 2.21. The lowest BCUT2D eigenvalue weighted by molar-refractivity contribution is -0.122. The van der Waals surface area contributed by atoms with Gasteiger partial charge in [0.25, 0.3) is 5.91 Å². The van der Waals surface area contributed by atoms with Crippen LogP contribution in [0.3, 0.4) is 0 Å². The fourth-order valence-electron chi connectivity index (χ4n) is 2.21. The third-order valence-electron chi connectivity index (χ3n) is 3.63. The van der Waals surface area contributed by atoms with Crippen LogP contribution in [0.4, 0.5) is 5.69 Å². The molecule has 0 spiro atoms. The highest BCUT2D eigenvalue weighted by Gasteiger charge is 2.19. The van der Waals surface area contributed by atoms with E-state index in [1.165, 1.54) is 0 Å². The highest BCUT2D eigenvalue weighted by Crippen LogP contribution is 2.22. The third kappa shape index (κ3) is 4.49. The van der Waals surface area contributed by atoms with Crippen LogP contribution in [0, 0.1) is 13.8 Å². The zero-order chi connectivity index (χ0) is 16.8. The average Bonchev–Trinajstić information content (AvgIpc) is 2.56. The summed E-state index contributed by atoms with van der Waals surface area (Å²) in [6.45, 7) is 5.91. The lowest BCUT2D eigenvalue weighted by Gasteiger charge is -2.19. The minimum absolute atomic E-state index is 0.154. The van der Waals surface area contributed by atoms with Crippen LogP contribution in [0.15, 0.2) is 42.5 Å². The summed E-state index contributed by atoms with van der Waals surface area (Å²) >= 11 is 0. The van der Waals surface area contributed by atoms with E-state index >= 15 is 0 Å². The number of benzene rings is 2. The van der Waals surface area contributed by atoms with E-state index in [-0.39, 0.29) is 5.91 Å². The van der Waals surface area contributed by atoms with Crippen LogP contribution in [0.1, 0.15) is 24.5 Å². The molecular weight excluding hydrogens is 290 g/mol. The molecule has 4 nitrogen and oxygen atoms in total. The Morgan fingerprint density at radius 3 is 2.43 bits per heavy atom. The van der Waals surface area contributed by atoms with Crippen molar-refractivity contribution >= 4 is 11.6 Å². The number of anilines is 1. The highest BCUT2D eigenvalue weighted by molar-refractivity contribution is 5.94. The van der Waals surface area contributed by atoms with Gasteiger partial charge in [0, 0.05) is 5.69 Å². The minimum Gasteiger partial charge on any atom is -0.497 e. The van der Waals surface area contributed by atoms with E-state index in [1.54, 1.807) is 19.2 Å². The first kappa shape index (κ1) is 16.9. The molecule has 0 aliphatic heterocycles. The number of methoxy groups -OCH3 is 1. The molecule has 0 aromatic heterocycles. The molecule has 0 radical (unpaired) electrons. The second-order valence-corrected chi connectivity index (χ2v) is 5.50. The third-order valence-corrected chi connectivity index (χ3v) is 3.63. The van der Waals surface area contributed by atoms with Gasteiger partial charge in [-0.1, -0.05) is 19.1 Å². The summed E-state index contributed by atoms with van der Waals surface area (Å²) in [5, 5.41) is 2.88. The van der Waals surface area contributed by atoms with Crippen molar-refractivity contribution in [3.05, 3.63) is 53.6 Å². The van der Waals surface area contributed by atoms with E-state index in [4.69, 9.17) is 9.47 Å². The van der Waals surface area contributed by atoms with Crippen molar-refractivity contribution in [1.29, 1.82) is 0 Å². The summed E-state index contributed by atoms with van der Waals surface area (Å²) in [7, 11) is 1.61. The first-order chi connectivity index (χ1) is 11.0. The molecule has 0 bridgehead atoms. The molecule has 0 aliphatic carbocycles. The summed E-state index contributed by atoms with van der Waals surface area (Å²) in [5.74, 6) is 1.35. The van der Waals surface area contributed by atoms with E-state index in [0.29, 0.717) is 6.42 Å². The van der Waals surface area contributed by atoms with E-state index in [9.17, 15) is 4.79 Å². The van der Waals surface area contributed by atoms with Crippen LogP contribution in [0.25, 0.3) is 0 Å². The molecule has 0 unspecified atom stereocenters. The van der Waals surface area contributed by atoms with Gasteiger partial charge >= 0.3 is 0 Å². The SMILES string of the molecule is CC[C@H](Oc1cc(C)ccc1C)C(=O)Nc1ccc(OC)cc1. The number of carbonyl (C=O) groups is 1. The van der Waals surface area contributed by atoms with Gasteiger partial charge in [-0.15, -0.1) is 0 Å². The van der Waals surface area contributed by atoms with Crippen molar-refractivity contribution in [1.82, 2.24) is 0 Å². The maximum atomic E-state index is 12.4. The van der Waals surface area contributed by atoms with Crippen molar-refractivity contribution in [2.45, 2.75) is 33.3 Å². The van der Waals surface area contributed by atoms with Crippen LogP contribution in [0.2, 0.25) is 0 Å². The molecule has 1 amide bonds. The zero-order valence-corrected chi connectivity index (χ0v) is 14.1. The Hall–Kier alpha value is -2.49. The summed E-state index contributed by atoms with van der Waals surface area (Å²) < 4.78 is 11.0. The summed E-state index contributed by atoms with van der Waals surface area (Å²) in [6.07, 6.45) is 0.0626. The quantitative estimate of drug-likeness (QED) is 0.873. The molecule has 4 heteroatoms. The lowest BCUT2D eigenvalue weighted by atomic mass is 10.1. The molecule has 0 aliphatic rings. The Labute approximate surface area is 137 Å². The second-order valence-electron chi connectivity index (χ2n) is 5.50. The molecule has 122 valence electrons. The normalized spacial score (nSPS) is 11.7. The number of hydrogen-bond donors (Lipinski definition) is 1. The first-order valence-electron chi connectivity index (χ1n) is 7.72. The van der Waals surface area contributed by atoms with Gasteiger partial charge in [-0.3, -0.25) is 4.79 Å². The zero-order valence-electron chi connectivity index (χ0n) is 14.1. The number of amides is 1. The average molecular weight is 313 g/mol. The van der Waals surface area contributed by atoms with Crippen LogP contribution in [0.5, 0.6) is 11.5 Å². The number of rotatable bonds is 6. The molecule has 1 N–H and O–H groups in total. The van der Waals surface area contributed by atoms with Crippen molar-refractivity contribution in [2.24, 2.45) is 0 Å². The highest BCUT2D eigenvalue weighted by atomic mass is 16.5. The van der Waals surface area contributed by atoms with Gasteiger partial charge in [-0.05, 0) is 61.7 Å². The van der Waals surface area contributed by atoms with Gasteiger partial charge in [-0.2, -0.15) is 0 Å². The largest absolute Gasteiger partial charge is 0.497 e. The number of carbonyl (C=O) groups excluding carboxylic acids is 1. The van der Waals surface area contributed by atoms with E-state index in [1.807, 2.05) is 51.1 Å². The smallest absolute Gasteiger partial charge is 0.265 e. The molecule has 0 saturated heterocycles. The summed E-state index contributed by atoms with van der Waals surface area (Å²) in [4.78, 5) is 12.4. The number of hydrogen-bond acceptors (Lipinski definition) is 3. The van der Waals surface area contributed by atoms with Crippen molar-refractivity contribution < 1.29 is 14.3 Å². The molecule has 0 fully saturated rings. The predicted molar refractivity (Wildman–Crippen MR) is 92.2 cm³/mol. The Morgan fingerprint density at radius 1 is 1.13 bits per heavy atom. The Kier molecular flexibility index (Phi) is 5.63. The molecule has 2 aromatic rings. The number of nitrogens with one attached hydrogen (secondary N) is 1. The maximum absolute atomic E-state index is 12.4. The summed E-state index contributed by atoms with van der Waals surface area (Å²) in [6, 6.07) is 13.2. The Morgan fingerprint density at radius 2 is 1.83 bits per heavy atom. The van der Waals surface area contributed by atoms with Crippen molar-refractivity contribution in [3.8, 4) is 11.5 Å². The lowest BCUT2D eigenvalue weighted by Crippen LogP contribution is -2.32. The molecule has 0 heterocycles. The van der Waals surface area contributed by atoms with Crippen molar-refractivity contribution in [2.75, 3.05) is 12.4 Å².